The minimum atomic E-state index is -3.65. The molecule has 1 aliphatic heterocycles. The van der Waals surface area contributed by atoms with Crippen LogP contribution in [-0.4, -0.2) is 51.2 Å². The standard InChI is InChI=1S/C14H21NO5S/c1-10-7-12(19-2)13(20-3)8-14(10)21(17,18)15-6-4-5-11(15)9-16/h7-8,11,16H,4-6,9H2,1-3H3/t11-/m0/s1. The Bertz CT molecular complexity index is 614. The van der Waals surface area contributed by atoms with Crippen molar-refractivity contribution >= 4 is 10.0 Å². The molecule has 0 unspecified atom stereocenters. The lowest BCUT2D eigenvalue weighted by molar-refractivity contribution is 0.213. The number of nitrogens with zero attached hydrogens (tertiary/aromatic N) is 1. The Kier molecular flexibility index (Phi) is 4.75. The molecule has 0 radical (unpaired) electrons. The van der Waals surface area contributed by atoms with Gasteiger partial charge in [-0.15, -0.1) is 0 Å². The van der Waals surface area contributed by atoms with E-state index in [1.54, 1.807) is 13.0 Å². The van der Waals surface area contributed by atoms with Crippen molar-refractivity contribution in [2.75, 3.05) is 27.4 Å². The highest BCUT2D eigenvalue weighted by Crippen LogP contribution is 2.35. The van der Waals surface area contributed by atoms with Crippen LogP contribution in [0.15, 0.2) is 17.0 Å². The highest BCUT2D eigenvalue weighted by molar-refractivity contribution is 7.89. The molecule has 0 spiro atoms. The van der Waals surface area contributed by atoms with Crippen LogP contribution in [0.1, 0.15) is 18.4 Å². The van der Waals surface area contributed by atoms with E-state index in [0.717, 1.165) is 6.42 Å². The summed E-state index contributed by atoms with van der Waals surface area (Å²) in [6.45, 7) is 1.99. The third kappa shape index (κ3) is 2.86. The molecule has 0 bridgehead atoms. The van der Waals surface area contributed by atoms with E-state index in [4.69, 9.17) is 9.47 Å². The van der Waals surface area contributed by atoms with Crippen LogP contribution in [0.2, 0.25) is 0 Å². The van der Waals surface area contributed by atoms with Gasteiger partial charge in [0.15, 0.2) is 11.5 Å². The van der Waals surface area contributed by atoms with E-state index in [0.29, 0.717) is 30.0 Å². The molecule has 0 saturated carbocycles. The van der Waals surface area contributed by atoms with Crippen molar-refractivity contribution in [1.82, 2.24) is 4.31 Å². The summed E-state index contributed by atoms with van der Waals surface area (Å²) >= 11 is 0. The quantitative estimate of drug-likeness (QED) is 0.882. The maximum Gasteiger partial charge on any atom is 0.243 e. The van der Waals surface area contributed by atoms with Crippen molar-refractivity contribution in [3.05, 3.63) is 17.7 Å². The molecule has 1 aliphatic rings. The number of hydrogen-bond donors (Lipinski definition) is 1. The van der Waals surface area contributed by atoms with Gasteiger partial charge in [-0.25, -0.2) is 8.42 Å². The molecule has 2 rings (SSSR count). The van der Waals surface area contributed by atoms with Crippen molar-refractivity contribution in [1.29, 1.82) is 0 Å². The minimum absolute atomic E-state index is 0.161. The summed E-state index contributed by atoms with van der Waals surface area (Å²) < 4.78 is 37.4. The number of benzene rings is 1. The average Bonchev–Trinajstić information content (AvgIpc) is 2.95. The number of aliphatic hydroxyl groups excluding tert-OH is 1. The molecule has 7 heteroatoms. The Morgan fingerprint density at radius 2 is 1.90 bits per heavy atom. The number of ether oxygens (including phenoxy) is 2. The van der Waals surface area contributed by atoms with E-state index < -0.39 is 10.0 Å². The molecule has 0 amide bonds. The second-order valence-electron chi connectivity index (χ2n) is 5.07. The predicted molar refractivity (Wildman–Crippen MR) is 78.3 cm³/mol. The van der Waals surface area contributed by atoms with Crippen LogP contribution in [0.5, 0.6) is 11.5 Å². The van der Waals surface area contributed by atoms with Gasteiger partial charge < -0.3 is 14.6 Å². The molecule has 1 saturated heterocycles. The molecule has 1 heterocycles. The normalized spacial score (nSPS) is 19.7. The van der Waals surface area contributed by atoms with Gasteiger partial charge in [-0.05, 0) is 31.4 Å². The van der Waals surface area contributed by atoms with Gasteiger partial charge in [0.2, 0.25) is 10.0 Å². The Hall–Kier alpha value is -1.31. The smallest absolute Gasteiger partial charge is 0.243 e. The first-order valence-corrected chi connectivity index (χ1v) is 8.25. The number of methoxy groups -OCH3 is 2. The molecule has 1 atom stereocenters. The minimum Gasteiger partial charge on any atom is -0.493 e. The van der Waals surface area contributed by atoms with Gasteiger partial charge in [0.25, 0.3) is 0 Å². The fourth-order valence-electron chi connectivity index (χ4n) is 2.67. The molecule has 1 fully saturated rings. The molecule has 1 N–H and O–H groups in total. The lowest BCUT2D eigenvalue weighted by Crippen LogP contribution is -2.37. The van der Waals surface area contributed by atoms with Crippen molar-refractivity contribution in [3.63, 3.8) is 0 Å². The largest absolute Gasteiger partial charge is 0.493 e. The summed E-state index contributed by atoms with van der Waals surface area (Å²) in [6.07, 6.45) is 1.44. The first kappa shape index (κ1) is 16.1. The van der Waals surface area contributed by atoms with E-state index in [1.807, 2.05) is 0 Å². The molecule has 6 nitrogen and oxygen atoms in total. The molecule has 1 aromatic rings. The van der Waals surface area contributed by atoms with E-state index >= 15 is 0 Å². The molecular formula is C14H21NO5S. The highest BCUT2D eigenvalue weighted by atomic mass is 32.2. The Morgan fingerprint density at radius 1 is 1.29 bits per heavy atom. The zero-order valence-electron chi connectivity index (χ0n) is 12.5. The second kappa shape index (κ2) is 6.21. The lowest BCUT2D eigenvalue weighted by Gasteiger charge is -2.24. The Balaban J connectivity index is 2.49. The van der Waals surface area contributed by atoms with Gasteiger partial charge in [0.05, 0.1) is 25.7 Å². The van der Waals surface area contributed by atoms with Crippen LogP contribution in [0.25, 0.3) is 0 Å². The first-order valence-electron chi connectivity index (χ1n) is 6.81. The van der Waals surface area contributed by atoms with Crippen LogP contribution in [0.4, 0.5) is 0 Å². The third-order valence-corrected chi connectivity index (χ3v) is 5.90. The van der Waals surface area contributed by atoms with E-state index in [9.17, 15) is 13.5 Å². The predicted octanol–water partition coefficient (Wildman–Crippen LogP) is 1.16. The zero-order valence-corrected chi connectivity index (χ0v) is 13.3. The van der Waals surface area contributed by atoms with Crippen molar-refractivity contribution < 1.29 is 23.0 Å². The van der Waals surface area contributed by atoms with Crippen LogP contribution in [-0.2, 0) is 10.0 Å². The molecule has 21 heavy (non-hydrogen) atoms. The van der Waals surface area contributed by atoms with E-state index in [-0.39, 0.29) is 17.5 Å². The van der Waals surface area contributed by atoms with Gasteiger partial charge in [-0.2, -0.15) is 4.31 Å². The van der Waals surface area contributed by atoms with Crippen molar-refractivity contribution in [2.24, 2.45) is 0 Å². The Morgan fingerprint density at radius 3 is 2.48 bits per heavy atom. The molecule has 0 aromatic heterocycles. The summed E-state index contributed by atoms with van der Waals surface area (Å²) in [7, 11) is -0.675. The zero-order chi connectivity index (χ0) is 15.6. The molecule has 118 valence electrons. The summed E-state index contributed by atoms with van der Waals surface area (Å²) in [5.74, 6) is 0.871. The summed E-state index contributed by atoms with van der Waals surface area (Å²) in [6, 6.07) is 2.79. The second-order valence-corrected chi connectivity index (χ2v) is 6.93. The van der Waals surface area contributed by atoms with Crippen molar-refractivity contribution in [2.45, 2.75) is 30.7 Å². The molecular weight excluding hydrogens is 294 g/mol. The number of hydrogen-bond acceptors (Lipinski definition) is 5. The fraction of sp³-hybridized carbons (Fsp3) is 0.571. The molecule has 0 aliphatic carbocycles. The van der Waals surface area contributed by atoms with Crippen LogP contribution < -0.4 is 9.47 Å². The highest BCUT2D eigenvalue weighted by Gasteiger charge is 2.36. The third-order valence-electron chi connectivity index (χ3n) is 3.80. The summed E-state index contributed by atoms with van der Waals surface area (Å²) in [5.41, 5.74) is 0.594. The summed E-state index contributed by atoms with van der Waals surface area (Å²) in [4.78, 5) is 0.195. The van der Waals surface area contributed by atoms with Crippen LogP contribution in [0.3, 0.4) is 0 Å². The number of aliphatic hydroxyl groups is 1. The maximum atomic E-state index is 12.8. The average molecular weight is 315 g/mol. The topological polar surface area (TPSA) is 76.1 Å². The molecule has 1 aromatic carbocycles. The fourth-order valence-corrected chi connectivity index (χ4v) is 4.58. The maximum absolute atomic E-state index is 12.8. The van der Waals surface area contributed by atoms with E-state index in [1.165, 1.54) is 24.6 Å². The number of sulfonamides is 1. The lowest BCUT2D eigenvalue weighted by atomic mass is 10.2. The Labute approximate surface area is 125 Å². The monoisotopic (exact) mass is 315 g/mol. The van der Waals surface area contributed by atoms with Gasteiger partial charge in [-0.1, -0.05) is 0 Å². The van der Waals surface area contributed by atoms with Gasteiger partial charge >= 0.3 is 0 Å². The van der Waals surface area contributed by atoms with Crippen LogP contribution >= 0.6 is 0 Å². The first-order chi connectivity index (χ1) is 9.95. The van der Waals surface area contributed by atoms with Crippen LogP contribution in [0, 0.1) is 6.92 Å². The summed E-state index contributed by atoms with van der Waals surface area (Å²) in [5, 5.41) is 9.35. The SMILES string of the molecule is COc1cc(C)c(S(=O)(=O)N2CCC[C@H]2CO)cc1OC. The van der Waals surface area contributed by atoms with Gasteiger partial charge in [0.1, 0.15) is 0 Å². The van der Waals surface area contributed by atoms with Gasteiger partial charge in [-0.3, -0.25) is 0 Å². The van der Waals surface area contributed by atoms with Gasteiger partial charge in [0, 0.05) is 18.7 Å². The van der Waals surface area contributed by atoms with Crippen molar-refractivity contribution in [3.8, 4) is 11.5 Å². The number of rotatable bonds is 5. The van der Waals surface area contributed by atoms with E-state index in [2.05, 4.69) is 0 Å². The number of aryl methyl sites for hydroxylation is 1.